The van der Waals surface area contributed by atoms with Gasteiger partial charge in [-0.15, -0.1) is 0 Å². The van der Waals surface area contributed by atoms with Crippen molar-refractivity contribution in [1.82, 2.24) is 0 Å². The molecule has 1 aromatic carbocycles. The van der Waals surface area contributed by atoms with E-state index >= 15 is 0 Å². The van der Waals surface area contributed by atoms with Crippen molar-refractivity contribution in [1.29, 1.82) is 0 Å². The predicted molar refractivity (Wildman–Crippen MR) is 35.9 cm³/mol. The molecule has 0 unspecified atom stereocenters. The highest BCUT2D eigenvalue weighted by atomic mass is 19.2. The highest BCUT2D eigenvalue weighted by molar-refractivity contribution is 5.17. The Balaban J connectivity index is 2.95. The molecule has 0 bridgehead atoms. The number of hydrogen-bond donors (Lipinski definition) is 0. The number of halogens is 2. The summed E-state index contributed by atoms with van der Waals surface area (Å²) in [5.41, 5.74) is 0.374. The van der Waals surface area contributed by atoms with Gasteiger partial charge in [0.15, 0.2) is 11.6 Å². The molecule has 1 aromatic rings. The van der Waals surface area contributed by atoms with Crippen molar-refractivity contribution < 1.29 is 8.78 Å². The molecule has 0 aliphatic rings. The van der Waals surface area contributed by atoms with Crippen LogP contribution < -0.4 is 0 Å². The summed E-state index contributed by atoms with van der Waals surface area (Å²) in [6.07, 6.45) is 0. The molecule has 58 valence electrons. The van der Waals surface area contributed by atoms with Crippen molar-refractivity contribution in [2.75, 3.05) is 0 Å². The molecule has 0 radical (unpaired) electrons. The monoisotopic (exact) mass is 157 g/mol. The third-order valence-electron chi connectivity index (χ3n) is 1.23. The van der Waals surface area contributed by atoms with Gasteiger partial charge in [-0.3, -0.25) is 0 Å². The third kappa shape index (κ3) is 1.80. The van der Waals surface area contributed by atoms with Gasteiger partial charge in [-0.1, -0.05) is 11.2 Å². The van der Waals surface area contributed by atoms with Gasteiger partial charge in [0.2, 0.25) is 0 Å². The van der Waals surface area contributed by atoms with Crippen LogP contribution >= 0.6 is 0 Å². The Morgan fingerprint density at radius 2 is 2.00 bits per heavy atom. The van der Waals surface area contributed by atoms with Gasteiger partial charge in [0.1, 0.15) is 6.54 Å². The standard InChI is InChI=1S/C7H5F2NO/c8-6-2-1-5(4-10-11)3-7(6)9/h1-3H,4H2. The van der Waals surface area contributed by atoms with E-state index in [0.29, 0.717) is 5.56 Å². The summed E-state index contributed by atoms with van der Waals surface area (Å²) in [6.45, 7) is -0.128. The summed E-state index contributed by atoms with van der Waals surface area (Å²) < 4.78 is 24.6. The summed E-state index contributed by atoms with van der Waals surface area (Å²) in [7, 11) is 0. The molecule has 0 saturated heterocycles. The van der Waals surface area contributed by atoms with Crippen LogP contribution in [0.5, 0.6) is 0 Å². The van der Waals surface area contributed by atoms with Crippen LogP contribution in [0.1, 0.15) is 5.56 Å². The Kier molecular flexibility index (Phi) is 2.25. The molecule has 1 rings (SSSR count). The molecule has 0 saturated carbocycles. The van der Waals surface area contributed by atoms with Gasteiger partial charge in [-0.2, -0.15) is 4.91 Å². The molecular formula is C7H5F2NO. The van der Waals surface area contributed by atoms with Gasteiger partial charge in [0.05, 0.1) is 0 Å². The van der Waals surface area contributed by atoms with Crippen LogP contribution in [0, 0.1) is 16.5 Å². The minimum Gasteiger partial charge on any atom is -0.204 e. The molecule has 0 aliphatic carbocycles. The fraction of sp³-hybridized carbons (Fsp3) is 0.143. The fourth-order valence-electron chi connectivity index (χ4n) is 0.713. The van der Waals surface area contributed by atoms with Crippen LogP contribution in [0.15, 0.2) is 23.4 Å². The smallest absolute Gasteiger partial charge is 0.159 e. The molecule has 4 heteroatoms. The second-order valence-electron chi connectivity index (χ2n) is 2.04. The normalized spacial score (nSPS) is 9.64. The minimum absolute atomic E-state index is 0.128. The molecule has 0 amide bonds. The van der Waals surface area contributed by atoms with Gasteiger partial charge in [0, 0.05) is 0 Å². The zero-order valence-electron chi connectivity index (χ0n) is 5.55. The van der Waals surface area contributed by atoms with Crippen LogP contribution in [0.25, 0.3) is 0 Å². The Bertz CT molecular complexity index is 275. The van der Waals surface area contributed by atoms with Crippen LogP contribution in [0.2, 0.25) is 0 Å². The lowest BCUT2D eigenvalue weighted by atomic mass is 10.2. The van der Waals surface area contributed by atoms with Crippen molar-refractivity contribution in [2.24, 2.45) is 5.18 Å². The van der Waals surface area contributed by atoms with Crippen molar-refractivity contribution in [2.45, 2.75) is 6.54 Å². The summed E-state index contributed by atoms with van der Waals surface area (Å²) >= 11 is 0. The lowest BCUT2D eigenvalue weighted by molar-refractivity contribution is 0.507. The minimum atomic E-state index is -0.953. The van der Waals surface area contributed by atoms with Gasteiger partial charge < -0.3 is 0 Å². The third-order valence-corrected chi connectivity index (χ3v) is 1.23. The van der Waals surface area contributed by atoms with Gasteiger partial charge >= 0.3 is 0 Å². The molecule has 0 spiro atoms. The Labute approximate surface area is 61.8 Å². The molecule has 0 heterocycles. The van der Waals surface area contributed by atoms with E-state index < -0.39 is 11.6 Å². The van der Waals surface area contributed by atoms with Crippen molar-refractivity contribution in [3.05, 3.63) is 40.3 Å². The van der Waals surface area contributed by atoms with Crippen LogP contribution in [0.3, 0.4) is 0 Å². The summed E-state index contributed by atoms with van der Waals surface area (Å²) in [5, 5.41) is 2.54. The first-order valence-corrected chi connectivity index (χ1v) is 2.97. The average molecular weight is 157 g/mol. The van der Waals surface area contributed by atoms with E-state index in [1.54, 1.807) is 0 Å². The highest BCUT2D eigenvalue weighted by Gasteiger charge is 2.01. The van der Waals surface area contributed by atoms with E-state index in [2.05, 4.69) is 5.18 Å². The molecule has 2 nitrogen and oxygen atoms in total. The molecular weight excluding hydrogens is 152 g/mol. The molecule has 0 aliphatic heterocycles. The number of nitroso groups, excluding NO2 is 1. The van der Waals surface area contributed by atoms with E-state index in [4.69, 9.17) is 0 Å². The van der Waals surface area contributed by atoms with Crippen LogP contribution in [-0.4, -0.2) is 0 Å². The van der Waals surface area contributed by atoms with Crippen LogP contribution in [0.4, 0.5) is 8.78 Å². The van der Waals surface area contributed by atoms with E-state index in [1.807, 2.05) is 0 Å². The second-order valence-corrected chi connectivity index (χ2v) is 2.04. The van der Waals surface area contributed by atoms with Gasteiger partial charge in [-0.25, -0.2) is 8.78 Å². The van der Waals surface area contributed by atoms with Crippen molar-refractivity contribution in [3.8, 4) is 0 Å². The fourth-order valence-corrected chi connectivity index (χ4v) is 0.713. The number of nitrogens with zero attached hydrogens (tertiary/aromatic N) is 1. The summed E-state index contributed by atoms with van der Waals surface area (Å²) in [4.78, 5) is 9.70. The van der Waals surface area contributed by atoms with E-state index in [9.17, 15) is 13.7 Å². The Hall–Kier alpha value is -1.32. The molecule has 0 aromatic heterocycles. The number of hydrogen-bond acceptors (Lipinski definition) is 2. The maximum absolute atomic E-state index is 12.4. The van der Waals surface area contributed by atoms with E-state index in [0.717, 1.165) is 12.1 Å². The van der Waals surface area contributed by atoms with E-state index in [-0.39, 0.29) is 6.54 Å². The maximum Gasteiger partial charge on any atom is 0.159 e. The second kappa shape index (κ2) is 3.18. The molecule has 0 fully saturated rings. The first-order valence-electron chi connectivity index (χ1n) is 2.97. The lowest BCUT2D eigenvalue weighted by Gasteiger charge is -1.94. The SMILES string of the molecule is O=NCc1ccc(F)c(F)c1. The first kappa shape index (κ1) is 7.78. The predicted octanol–water partition coefficient (Wildman–Crippen LogP) is 2.23. The number of rotatable bonds is 2. The number of benzene rings is 1. The van der Waals surface area contributed by atoms with E-state index in [1.165, 1.54) is 6.07 Å². The van der Waals surface area contributed by atoms with Gasteiger partial charge in [-0.05, 0) is 17.7 Å². The van der Waals surface area contributed by atoms with Crippen molar-refractivity contribution >= 4 is 0 Å². The Morgan fingerprint density at radius 3 is 2.55 bits per heavy atom. The summed E-state index contributed by atoms with van der Waals surface area (Å²) in [6, 6.07) is 3.24. The molecule has 0 N–H and O–H groups in total. The lowest BCUT2D eigenvalue weighted by Crippen LogP contribution is -1.86. The zero-order chi connectivity index (χ0) is 8.27. The average Bonchev–Trinajstić information content (AvgIpc) is 1.98. The zero-order valence-corrected chi connectivity index (χ0v) is 5.55. The maximum atomic E-state index is 12.4. The Morgan fingerprint density at radius 1 is 1.27 bits per heavy atom. The van der Waals surface area contributed by atoms with Crippen LogP contribution in [-0.2, 0) is 6.54 Å². The van der Waals surface area contributed by atoms with Gasteiger partial charge in [0.25, 0.3) is 0 Å². The highest BCUT2D eigenvalue weighted by Crippen LogP contribution is 2.08. The topological polar surface area (TPSA) is 29.4 Å². The van der Waals surface area contributed by atoms with Crippen molar-refractivity contribution in [3.63, 3.8) is 0 Å². The molecule has 0 atom stereocenters. The largest absolute Gasteiger partial charge is 0.204 e. The molecule has 11 heavy (non-hydrogen) atoms. The first-order chi connectivity index (χ1) is 5.24. The summed E-state index contributed by atoms with van der Waals surface area (Å²) in [5.74, 6) is -1.87. The quantitative estimate of drug-likeness (QED) is 0.605.